The Bertz CT molecular complexity index is 1220. The first-order valence-corrected chi connectivity index (χ1v) is 10.6. The van der Waals surface area contributed by atoms with Crippen molar-refractivity contribution in [1.29, 1.82) is 0 Å². The second kappa shape index (κ2) is 7.61. The van der Waals surface area contributed by atoms with Crippen LogP contribution >= 0.6 is 15.9 Å². The second-order valence-corrected chi connectivity index (χ2v) is 8.49. The fraction of sp³-hybridized carbons (Fsp3) is 0. The molecule has 0 amide bonds. The number of rotatable bonds is 5. The zero-order valence-corrected chi connectivity index (χ0v) is 16.9. The van der Waals surface area contributed by atoms with E-state index in [0.717, 1.165) is 11.3 Å². The first-order valence-electron chi connectivity index (χ1n) is 8.43. The van der Waals surface area contributed by atoms with Crippen molar-refractivity contribution in [3.63, 3.8) is 0 Å². The van der Waals surface area contributed by atoms with Crippen LogP contribution in [-0.4, -0.2) is 18.6 Å². The van der Waals surface area contributed by atoms with Crippen molar-refractivity contribution in [1.82, 2.24) is 10.2 Å². The highest BCUT2D eigenvalue weighted by Gasteiger charge is 2.20. The second-order valence-electron chi connectivity index (χ2n) is 6.02. The smallest absolute Gasteiger partial charge is 0.339 e. The Morgan fingerprint density at radius 2 is 1.61 bits per heavy atom. The number of benzene rings is 3. The maximum Gasteiger partial charge on any atom is 0.339 e. The number of nitrogens with one attached hydrogen (secondary N) is 1. The van der Waals surface area contributed by atoms with Gasteiger partial charge < -0.3 is 4.18 Å². The summed E-state index contributed by atoms with van der Waals surface area (Å²) >= 11 is 3.28. The molecule has 1 heterocycles. The van der Waals surface area contributed by atoms with Crippen LogP contribution in [0.15, 0.2) is 94.3 Å². The molecule has 0 atom stereocenters. The van der Waals surface area contributed by atoms with Gasteiger partial charge in [0.05, 0.1) is 11.4 Å². The highest BCUT2D eigenvalue weighted by molar-refractivity contribution is 9.10. The molecule has 140 valence electrons. The molecule has 0 aliphatic carbocycles. The molecule has 0 fully saturated rings. The summed E-state index contributed by atoms with van der Waals surface area (Å²) in [5.41, 5.74) is 3.00. The maximum atomic E-state index is 12.7. The van der Waals surface area contributed by atoms with E-state index in [0.29, 0.717) is 15.7 Å². The summed E-state index contributed by atoms with van der Waals surface area (Å²) in [6, 6.07) is 24.9. The van der Waals surface area contributed by atoms with E-state index in [2.05, 4.69) is 26.1 Å². The van der Waals surface area contributed by atoms with Crippen LogP contribution in [0.25, 0.3) is 22.5 Å². The molecule has 4 aromatic rings. The molecule has 0 saturated heterocycles. The lowest BCUT2D eigenvalue weighted by Crippen LogP contribution is -2.10. The predicted molar refractivity (Wildman–Crippen MR) is 111 cm³/mol. The van der Waals surface area contributed by atoms with Crippen molar-refractivity contribution in [3.05, 3.63) is 89.4 Å². The van der Waals surface area contributed by atoms with E-state index >= 15 is 0 Å². The van der Waals surface area contributed by atoms with Gasteiger partial charge in [0.2, 0.25) is 0 Å². The fourth-order valence-corrected chi connectivity index (χ4v) is 4.31. The van der Waals surface area contributed by atoms with Gasteiger partial charge in [0, 0.05) is 10.0 Å². The van der Waals surface area contributed by atoms with Gasteiger partial charge >= 0.3 is 10.1 Å². The van der Waals surface area contributed by atoms with E-state index in [1.807, 2.05) is 42.5 Å². The third-order valence-corrected chi connectivity index (χ3v) is 5.83. The minimum absolute atomic E-state index is 0.0729. The summed E-state index contributed by atoms with van der Waals surface area (Å²) in [5.74, 6) is 0.216. The molecule has 0 aliphatic heterocycles. The van der Waals surface area contributed by atoms with Crippen molar-refractivity contribution in [2.24, 2.45) is 0 Å². The summed E-state index contributed by atoms with van der Waals surface area (Å²) in [7, 11) is -3.98. The summed E-state index contributed by atoms with van der Waals surface area (Å²) in [4.78, 5) is 0.0729. The Hall–Kier alpha value is -2.90. The molecule has 3 aromatic carbocycles. The molecule has 0 saturated carbocycles. The summed E-state index contributed by atoms with van der Waals surface area (Å²) in [5, 5.41) is 7.32. The molecule has 0 bridgehead atoms. The van der Waals surface area contributed by atoms with Gasteiger partial charge in [0.15, 0.2) is 5.75 Å². The number of para-hydroxylation sites is 1. The highest BCUT2D eigenvalue weighted by Crippen LogP contribution is 2.33. The van der Waals surface area contributed by atoms with Crippen LogP contribution in [0.4, 0.5) is 0 Å². The third-order valence-electron chi connectivity index (χ3n) is 4.11. The molecule has 0 radical (unpaired) electrons. The van der Waals surface area contributed by atoms with E-state index in [-0.39, 0.29) is 10.6 Å². The van der Waals surface area contributed by atoms with Crippen LogP contribution < -0.4 is 4.18 Å². The quantitative estimate of drug-likeness (QED) is 0.416. The van der Waals surface area contributed by atoms with Crippen LogP contribution in [-0.2, 0) is 10.1 Å². The summed E-state index contributed by atoms with van der Waals surface area (Å²) in [6.07, 6.45) is 0. The average molecular weight is 455 g/mol. The van der Waals surface area contributed by atoms with E-state index < -0.39 is 10.1 Å². The van der Waals surface area contributed by atoms with Crippen molar-refractivity contribution in [3.8, 4) is 28.3 Å². The Balaban J connectivity index is 1.69. The Kier molecular flexibility index (Phi) is 5.02. The van der Waals surface area contributed by atoms with E-state index in [9.17, 15) is 8.42 Å². The van der Waals surface area contributed by atoms with Gasteiger partial charge in [-0.25, -0.2) is 0 Å². The van der Waals surface area contributed by atoms with Crippen LogP contribution in [0, 0.1) is 0 Å². The van der Waals surface area contributed by atoms with Crippen molar-refractivity contribution in [2.75, 3.05) is 0 Å². The molecule has 0 unspecified atom stereocenters. The summed E-state index contributed by atoms with van der Waals surface area (Å²) in [6.45, 7) is 0. The number of H-pyrrole nitrogens is 1. The van der Waals surface area contributed by atoms with Gasteiger partial charge in [0.1, 0.15) is 4.90 Å². The zero-order chi connectivity index (χ0) is 19.6. The Morgan fingerprint density at radius 1 is 0.857 bits per heavy atom. The van der Waals surface area contributed by atoms with Gasteiger partial charge in [-0.2, -0.15) is 13.5 Å². The minimum Gasteiger partial charge on any atom is -0.378 e. The van der Waals surface area contributed by atoms with Crippen molar-refractivity contribution >= 4 is 26.0 Å². The van der Waals surface area contributed by atoms with Gasteiger partial charge in [-0.15, -0.1) is 0 Å². The molecular formula is C21H15BrN2O3S. The van der Waals surface area contributed by atoms with E-state index in [1.165, 1.54) is 12.1 Å². The maximum absolute atomic E-state index is 12.7. The van der Waals surface area contributed by atoms with E-state index in [1.54, 1.807) is 30.3 Å². The van der Waals surface area contributed by atoms with E-state index in [4.69, 9.17) is 4.18 Å². The molecule has 5 nitrogen and oxygen atoms in total. The molecule has 1 N–H and O–H groups in total. The number of hydrogen-bond acceptors (Lipinski definition) is 4. The topological polar surface area (TPSA) is 72.1 Å². The van der Waals surface area contributed by atoms with Crippen molar-refractivity contribution < 1.29 is 12.6 Å². The largest absolute Gasteiger partial charge is 0.378 e. The fourth-order valence-electron chi connectivity index (χ4n) is 2.77. The molecule has 0 aliphatic rings. The molecule has 28 heavy (non-hydrogen) atoms. The third kappa shape index (κ3) is 3.85. The molecule has 1 aromatic heterocycles. The zero-order valence-electron chi connectivity index (χ0n) is 14.5. The monoisotopic (exact) mass is 454 g/mol. The van der Waals surface area contributed by atoms with Gasteiger partial charge in [-0.3, -0.25) is 5.10 Å². The highest BCUT2D eigenvalue weighted by atomic mass is 79.9. The van der Waals surface area contributed by atoms with Crippen LogP contribution in [0.3, 0.4) is 0 Å². The number of halogens is 1. The number of aromatic amines is 1. The molecule has 4 rings (SSSR count). The van der Waals surface area contributed by atoms with Crippen molar-refractivity contribution in [2.45, 2.75) is 4.90 Å². The lowest BCUT2D eigenvalue weighted by molar-refractivity contribution is 0.487. The summed E-state index contributed by atoms with van der Waals surface area (Å²) < 4.78 is 31.5. The molecule has 0 spiro atoms. The number of aromatic nitrogens is 2. The minimum atomic E-state index is -3.98. The lowest BCUT2D eigenvalue weighted by atomic mass is 10.1. The van der Waals surface area contributed by atoms with Crippen LogP contribution in [0.1, 0.15) is 0 Å². The SMILES string of the molecule is O=S(=O)(Oc1ccccc1-c1cc(-c2ccccc2)[nH]n1)c1cccc(Br)c1. The predicted octanol–water partition coefficient (Wildman–Crippen LogP) is 5.27. The number of hydrogen-bond donors (Lipinski definition) is 1. The average Bonchev–Trinajstić information content (AvgIpc) is 3.19. The Labute approximate surface area is 171 Å². The van der Waals surface area contributed by atoms with Crippen LogP contribution in [0.2, 0.25) is 0 Å². The lowest BCUT2D eigenvalue weighted by Gasteiger charge is -2.10. The Morgan fingerprint density at radius 3 is 2.39 bits per heavy atom. The van der Waals surface area contributed by atoms with Crippen LogP contribution in [0.5, 0.6) is 5.75 Å². The van der Waals surface area contributed by atoms with Gasteiger partial charge in [-0.05, 0) is 42.0 Å². The normalized spacial score (nSPS) is 11.3. The first-order chi connectivity index (χ1) is 13.5. The van der Waals surface area contributed by atoms with Gasteiger partial charge in [0.25, 0.3) is 0 Å². The molecule has 7 heteroatoms. The standard InChI is InChI=1S/C21H15BrN2O3S/c22-16-9-6-10-17(13-16)28(25,26)27-21-12-5-4-11-18(21)20-14-19(23-24-20)15-7-2-1-3-8-15/h1-14H,(H,23,24). The number of nitrogens with zero attached hydrogens (tertiary/aromatic N) is 1. The molecular weight excluding hydrogens is 440 g/mol. The first kappa shape index (κ1) is 18.5. The van der Waals surface area contributed by atoms with Gasteiger partial charge in [-0.1, -0.05) is 64.5 Å².